The van der Waals surface area contributed by atoms with Crippen LogP contribution in [0.25, 0.3) is 0 Å². The molecule has 0 aliphatic heterocycles. The highest BCUT2D eigenvalue weighted by atomic mass is 15.3. The molecule has 0 radical (unpaired) electrons. The van der Waals surface area contributed by atoms with Gasteiger partial charge in [-0.2, -0.15) is 5.10 Å². The molecule has 3 nitrogen and oxygen atoms in total. The zero-order valence-electron chi connectivity index (χ0n) is 14.3. The van der Waals surface area contributed by atoms with Gasteiger partial charge in [0.2, 0.25) is 0 Å². The van der Waals surface area contributed by atoms with E-state index in [0.29, 0.717) is 12.1 Å². The molecule has 3 heteroatoms. The molecule has 0 saturated heterocycles. The molecule has 0 aliphatic rings. The molecule has 0 bridgehead atoms. The first kappa shape index (κ1) is 17.1. The Labute approximate surface area is 125 Å². The second-order valence-corrected chi connectivity index (χ2v) is 6.33. The Morgan fingerprint density at radius 3 is 2.25 bits per heavy atom. The lowest BCUT2D eigenvalue weighted by molar-refractivity contribution is 0.516. The number of nitrogens with one attached hydrogen (secondary N) is 1. The second kappa shape index (κ2) is 8.33. The van der Waals surface area contributed by atoms with Crippen LogP contribution in [0, 0.1) is 13.8 Å². The Bertz CT molecular complexity index is 393. The van der Waals surface area contributed by atoms with Gasteiger partial charge in [0.05, 0.1) is 17.1 Å². The smallest absolute Gasteiger partial charge is 0.0828 e. The third-order valence-electron chi connectivity index (χ3n) is 3.95. The number of unbranched alkanes of at least 4 members (excludes halogenated alkanes) is 4. The van der Waals surface area contributed by atoms with E-state index in [1.165, 1.54) is 49.9 Å². The molecule has 0 amide bonds. The number of anilines is 1. The fourth-order valence-electron chi connectivity index (χ4n) is 2.75. The molecule has 1 heterocycles. The quantitative estimate of drug-likeness (QED) is 0.626. The SMILES string of the molecule is CCCCCCCC(C)Nc1c(C)nn(C(C)C)c1C. The van der Waals surface area contributed by atoms with Crippen molar-refractivity contribution in [2.45, 2.75) is 92.2 Å². The van der Waals surface area contributed by atoms with Gasteiger partial charge in [-0.3, -0.25) is 4.68 Å². The van der Waals surface area contributed by atoms with Crippen molar-refractivity contribution in [3.05, 3.63) is 11.4 Å². The van der Waals surface area contributed by atoms with E-state index >= 15 is 0 Å². The summed E-state index contributed by atoms with van der Waals surface area (Å²) in [7, 11) is 0. The number of aryl methyl sites for hydroxylation is 1. The Morgan fingerprint density at radius 2 is 1.70 bits per heavy atom. The second-order valence-electron chi connectivity index (χ2n) is 6.33. The summed E-state index contributed by atoms with van der Waals surface area (Å²) in [5.74, 6) is 0. The van der Waals surface area contributed by atoms with Crippen LogP contribution < -0.4 is 5.32 Å². The molecule has 116 valence electrons. The molecule has 1 atom stereocenters. The van der Waals surface area contributed by atoms with Crippen molar-refractivity contribution >= 4 is 5.69 Å². The van der Waals surface area contributed by atoms with Crippen LogP contribution in [0.4, 0.5) is 5.69 Å². The summed E-state index contributed by atoms with van der Waals surface area (Å²) in [6.45, 7) is 13.2. The van der Waals surface area contributed by atoms with Crippen LogP contribution in [-0.2, 0) is 0 Å². The van der Waals surface area contributed by atoms with Crippen molar-refractivity contribution in [3.63, 3.8) is 0 Å². The van der Waals surface area contributed by atoms with Gasteiger partial charge in [-0.1, -0.05) is 39.0 Å². The summed E-state index contributed by atoms with van der Waals surface area (Å²) in [6.07, 6.45) is 8.01. The maximum Gasteiger partial charge on any atom is 0.0828 e. The lowest BCUT2D eigenvalue weighted by atomic mass is 10.1. The maximum atomic E-state index is 4.64. The first-order chi connectivity index (χ1) is 9.47. The molecule has 1 rings (SSSR count). The molecular weight excluding hydrogens is 246 g/mol. The summed E-state index contributed by atoms with van der Waals surface area (Å²) in [5, 5.41) is 8.30. The number of rotatable bonds is 9. The lowest BCUT2D eigenvalue weighted by Crippen LogP contribution is -2.16. The van der Waals surface area contributed by atoms with E-state index in [0.717, 1.165) is 5.69 Å². The first-order valence-electron chi connectivity index (χ1n) is 8.29. The summed E-state index contributed by atoms with van der Waals surface area (Å²) in [5.41, 5.74) is 3.61. The monoisotopic (exact) mass is 279 g/mol. The summed E-state index contributed by atoms with van der Waals surface area (Å²) in [4.78, 5) is 0. The van der Waals surface area contributed by atoms with Crippen molar-refractivity contribution in [2.75, 3.05) is 5.32 Å². The van der Waals surface area contributed by atoms with Crippen LogP contribution >= 0.6 is 0 Å². The van der Waals surface area contributed by atoms with Gasteiger partial charge in [0.1, 0.15) is 0 Å². The summed E-state index contributed by atoms with van der Waals surface area (Å²) in [6, 6.07) is 0.951. The van der Waals surface area contributed by atoms with Gasteiger partial charge in [-0.05, 0) is 41.0 Å². The predicted molar refractivity (Wildman–Crippen MR) is 88.5 cm³/mol. The van der Waals surface area contributed by atoms with E-state index in [1.54, 1.807) is 0 Å². The van der Waals surface area contributed by atoms with Gasteiger partial charge in [0, 0.05) is 12.1 Å². The van der Waals surface area contributed by atoms with Gasteiger partial charge in [-0.15, -0.1) is 0 Å². The molecular formula is C17H33N3. The Morgan fingerprint density at radius 1 is 1.05 bits per heavy atom. The molecule has 1 aromatic heterocycles. The normalized spacial score (nSPS) is 12.9. The highest BCUT2D eigenvalue weighted by molar-refractivity contribution is 5.52. The zero-order valence-corrected chi connectivity index (χ0v) is 14.3. The average molecular weight is 279 g/mol. The third-order valence-corrected chi connectivity index (χ3v) is 3.95. The topological polar surface area (TPSA) is 29.9 Å². The molecule has 1 N–H and O–H groups in total. The lowest BCUT2D eigenvalue weighted by Gasteiger charge is -2.16. The van der Waals surface area contributed by atoms with Gasteiger partial charge in [0.25, 0.3) is 0 Å². The largest absolute Gasteiger partial charge is 0.380 e. The van der Waals surface area contributed by atoms with E-state index in [4.69, 9.17) is 0 Å². The maximum absolute atomic E-state index is 4.64. The van der Waals surface area contributed by atoms with E-state index in [1.807, 2.05) is 0 Å². The Hall–Kier alpha value is -0.990. The summed E-state index contributed by atoms with van der Waals surface area (Å²) < 4.78 is 2.12. The minimum Gasteiger partial charge on any atom is -0.380 e. The molecule has 0 fully saturated rings. The minimum absolute atomic E-state index is 0.425. The molecule has 0 aromatic carbocycles. The van der Waals surface area contributed by atoms with Crippen molar-refractivity contribution < 1.29 is 0 Å². The van der Waals surface area contributed by atoms with E-state index in [-0.39, 0.29) is 0 Å². The van der Waals surface area contributed by atoms with Crippen LogP contribution in [0.3, 0.4) is 0 Å². The Balaban J connectivity index is 2.47. The predicted octanol–water partition coefficient (Wildman–Crippen LogP) is 5.24. The molecule has 0 aliphatic carbocycles. The van der Waals surface area contributed by atoms with Crippen LogP contribution in [0.1, 0.15) is 83.6 Å². The molecule has 0 spiro atoms. The fourth-order valence-corrected chi connectivity index (χ4v) is 2.75. The van der Waals surface area contributed by atoms with Crippen molar-refractivity contribution in [3.8, 4) is 0 Å². The standard InChI is InChI=1S/C17H33N3/c1-7-8-9-10-11-12-14(4)18-17-15(5)19-20(13(2)3)16(17)6/h13-14,18H,7-12H2,1-6H3. The number of nitrogens with zero attached hydrogens (tertiary/aromatic N) is 2. The van der Waals surface area contributed by atoms with Crippen LogP contribution in [0.2, 0.25) is 0 Å². The highest BCUT2D eigenvalue weighted by Crippen LogP contribution is 2.24. The van der Waals surface area contributed by atoms with E-state index < -0.39 is 0 Å². The van der Waals surface area contributed by atoms with Crippen molar-refractivity contribution in [2.24, 2.45) is 0 Å². The van der Waals surface area contributed by atoms with Crippen molar-refractivity contribution in [1.29, 1.82) is 0 Å². The number of hydrogen-bond donors (Lipinski definition) is 1. The minimum atomic E-state index is 0.425. The zero-order chi connectivity index (χ0) is 15.1. The van der Waals surface area contributed by atoms with Gasteiger partial charge in [-0.25, -0.2) is 0 Å². The fraction of sp³-hybridized carbons (Fsp3) is 0.824. The van der Waals surface area contributed by atoms with Crippen LogP contribution in [0.15, 0.2) is 0 Å². The molecule has 1 aromatic rings. The van der Waals surface area contributed by atoms with Crippen molar-refractivity contribution in [1.82, 2.24) is 9.78 Å². The van der Waals surface area contributed by atoms with E-state index in [9.17, 15) is 0 Å². The van der Waals surface area contributed by atoms with Crippen LogP contribution in [-0.4, -0.2) is 15.8 Å². The van der Waals surface area contributed by atoms with Gasteiger partial charge in [0.15, 0.2) is 0 Å². The third kappa shape index (κ3) is 4.84. The highest BCUT2D eigenvalue weighted by Gasteiger charge is 2.14. The molecule has 1 unspecified atom stereocenters. The molecule has 0 saturated carbocycles. The number of aromatic nitrogens is 2. The number of hydrogen-bond acceptors (Lipinski definition) is 2. The first-order valence-corrected chi connectivity index (χ1v) is 8.29. The Kier molecular flexibility index (Phi) is 7.11. The molecule has 20 heavy (non-hydrogen) atoms. The summed E-state index contributed by atoms with van der Waals surface area (Å²) >= 11 is 0. The van der Waals surface area contributed by atoms with Gasteiger partial charge < -0.3 is 5.32 Å². The van der Waals surface area contributed by atoms with Crippen LogP contribution in [0.5, 0.6) is 0 Å². The van der Waals surface area contributed by atoms with E-state index in [2.05, 4.69) is 56.6 Å². The van der Waals surface area contributed by atoms with Gasteiger partial charge >= 0.3 is 0 Å². The average Bonchev–Trinajstić information content (AvgIpc) is 2.66.